The second kappa shape index (κ2) is 6.64. The molecule has 1 heterocycles. The zero-order valence-corrected chi connectivity index (χ0v) is 15.0. The Morgan fingerprint density at radius 2 is 1.55 bits per heavy atom. The van der Waals surface area contributed by atoms with E-state index >= 15 is 0 Å². The number of amides is 2. The number of anilines is 1. The molecule has 22 heavy (non-hydrogen) atoms. The van der Waals surface area contributed by atoms with Crippen LogP contribution in [0.25, 0.3) is 0 Å². The maximum Gasteiger partial charge on any atom is 0.426 e. The Morgan fingerprint density at radius 3 is 1.86 bits per heavy atom. The van der Waals surface area contributed by atoms with E-state index in [9.17, 15) is 9.59 Å². The number of imide groups is 1. The molecule has 0 fully saturated rings. The van der Waals surface area contributed by atoms with Crippen LogP contribution in [0.2, 0.25) is 0 Å². The van der Waals surface area contributed by atoms with Gasteiger partial charge in [-0.3, -0.25) is 0 Å². The molecule has 0 unspecified atom stereocenters. The fourth-order valence-electron chi connectivity index (χ4n) is 1.41. The monoisotopic (exact) mass is 328 g/mol. The third-order valence-electron chi connectivity index (χ3n) is 2.25. The van der Waals surface area contributed by atoms with Gasteiger partial charge in [0, 0.05) is 5.38 Å². The van der Waals surface area contributed by atoms with Crippen LogP contribution >= 0.6 is 11.3 Å². The average Bonchev–Trinajstić information content (AvgIpc) is 2.72. The summed E-state index contributed by atoms with van der Waals surface area (Å²) in [6, 6.07) is 0. The van der Waals surface area contributed by atoms with E-state index in [0.717, 1.165) is 10.6 Å². The molecule has 0 saturated heterocycles. The van der Waals surface area contributed by atoms with E-state index in [1.54, 1.807) is 46.9 Å². The Kier molecular flexibility index (Phi) is 5.56. The summed E-state index contributed by atoms with van der Waals surface area (Å²) in [4.78, 5) is 29.8. The van der Waals surface area contributed by atoms with Crippen LogP contribution in [0.5, 0.6) is 0 Å². The minimum absolute atomic E-state index is 0.250. The minimum atomic E-state index is -0.793. The number of thiazole rings is 1. The van der Waals surface area contributed by atoms with Crippen LogP contribution in [-0.2, 0) is 15.9 Å². The van der Waals surface area contributed by atoms with Crippen LogP contribution in [0.1, 0.15) is 54.2 Å². The second-order valence-corrected chi connectivity index (χ2v) is 7.61. The predicted molar refractivity (Wildman–Crippen MR) is 86.4 cm³/mol. The van der Waals surface area contributed by atoms with Gasteiger partial charge in [-0.15, -0.1) is 11.3 Å². The van der Waals surface area contributed by atoms with Gasteiger partial charge in [0.2, 0.25) is 5.13 Å². The summed E-state index contributed by atoms with van der Waals surface area (Å²) in [5.41, 5.74) is -0.637. The number of aromatic nitrogens is 1. The molecule has 1 rings (SSSR count). The normalized spacial score (nSPS) is 12.0. The van der Waals surface area contributed by atoms with Crippen molar-refractivity contribution in [3.8, 4) is 0 Å². The molecule has 0 aliphatic carbocycles. The summed E-state index contributed by atoms with van der Waals surface area (Å²) in [5, 5.41) is 2.05. The fraction of sp³-hybridized carbons (Fsp3) is 0.667. The summed E-state index contributed by atoms with van der Waals surface area (Å²) < 4.78 is 10.6. The van der Waals surface area contributed by atoms with Crippen LogP contribution < -0.4 is 4.90 Å². The third kappa shape index (κ3) is 5.63. The maximum absolute atomic E-state index is 12.4. The first kappa shape index (κ1) is 18.4. The van der Waals surface area contributed by atoms with E-state index in [2.05, 4.69) is 4.98 Å². The fourth-order valence-corrected chi connectivity index (χ4v) is 2.29. The highest BCUT2D eigenvalue weighted by molar-refractivity contribution is 7.14. The van der Waals surface area contributed by atoms with Crippen molar-refractivity contribution in [2.75, 3.05) is 4.90 Å². The van der Waals surface area contributed by atoms with Crippen molar-refractivity contribution >= 4 is 28.7 Å². The van der Waals surface area contributed by atoms with Crippen molar-refractivity contribution in [3.05, 3.63) is 11.1 Å². The van der Waals surface area contributed by atoms with Gasteiger partial charge in [0.05, 0.1) is 5.69 Å². The molecule has 7 heteroatoms. The Bertz CT molecular complexity index is 512. The van der Waals surface area contributed by atoms with Gasteiger partial charge in [0.1, 0.15) is 11.2 Å². The number of ether oxygens (including phenoxy) is 2. The standard InChI is InChI=1S/C15H24N2O4S/c1-8-10-9-22-11(16-10)17(12(18)20-14(2,3)4)13(19)21-15(5,6)7/h9H,8H2,1-7H3. The molecule has 0 aromatic carbocycles. The van der Waals surface area contributed by atoms with Crippen LogP contribution in [0.3, 0.4) is 0 Å². The molecule has 0 atom stereocenters. The quantitative estimate of drug-likeness (QED) is 0.805. The zero-order valence-electron chi connectivity index (χ0n) is 14.2. The number of hydrogen-bond acceptors (Lipinski definition) is 6. The lowest BCUT2D eigenvalue weighted by atomic mass is 10.2. The lowest BCUT2D eigenvalue weighted by Crippen LogP contribution is -2.43. The minimum Gasteiger partial charge on any atom is -0.443 e. The summed E-state index contributed by atoms with van der Waals surface area (Å²) in [6.45, 7) is 12.4. The first-order valence-corrected chi connectivity index (χ1v) is 8.01. The molecule has 0 N–H and O–H groups in total. The van der Waals surface area contributed by atoms with Crippen LogP contribution in [0.4, 0.5) is 14.7 Å². The van der Waals surface area contributed by atoms with Gasteiger partial charge in [0.15, 0.2) is 0 Å². The third-order valence-corrected chi connectivity index (χ3v) is 3.12. The smallest absolute Gasteiger partial charge is 0.426 e. The van der Waals surface area contributed by atoms with E-state index < -0.39 is 23.4 Å². The van der Waals surface area contributed by atoms with Crippen molar-refractivity contribution in [3.63, 3.8) is 0 Å². The number of rotatable bonds is 2. The summed E-state index contributed by atoms with van der Waals surface area (Å²) in [5.74, 6) is 0. The highest BCUT2D eigenvalue weighted by Crippen LogP contribution is 2.25. The Morgan fingerprint density at radius 1 is 1.09 bits per heavy atom. The lowest BCUT2D eigenvalue weighted by molar-refractivity contribution is 0.0430. The largest absolute Gasteiger partial charge is 0.443 e. The molecule has 124 valence electrons. The van der Waals surface area contributed by atoms with Crippen molar-refractivity contribution in [2.45, 2.75) is 66.1 Å². The predicted octanol–water partition coefficient (Wildman–Crippen LogP) is 4.38. The summed E-state index contributed by atoms with van der Waals surface area (Å²) in [6.07, 6.45) is -0.870. The Balaban J connectivity index is 3.09. The molecule has 0 bridgehead atoms. The van der Waals surface area contributed by atoms with Gasteiger partial charge in [-0.1, -0.05) is 6.92 Å². The maximum atomic E-state index is 12.4. The van der Waals surface area contributed by atoms with E-state index in [0.29, 0.717) is 6.42 Å². The Labute approximate surface area is 135 Å². The first-order chi connectivity index (χ1) is 9.93. The number of carbonyl (C=O) groups excluding carboxylic acids is 2. The van der Waals surface area contributed by atoms with Gasteiger partial charge in [-0.2, -0.15) is 4.90 Å². The van der Waals surface area contributed by atoms with E-state index in [1.807, 2.05) is 6.92 Å². The second-order valence-electron chi connectivity index (χ2n) is 6.77. The van der Waals surface area contributed by atoms with Crippen molar-refractivity contribution in [1.29, 1.82) is 0 Å². The highest BCUT2D eigenvalue weighted by Gasteiger charge is 2.34. The molecule has 0 spiro atoms. The molecular weight excluding hydrogens is 304 g/mol. The van der Waals surface area contributed by atoms with Gasteiger partial charge in [-0.05, 0) is 48.0 Å². The summed E-state index contributed by atoms with van der Waals surface area (Å²) in [7, 11) is 0. The van der Waals surface area contributed by atoms with Crippen molar-refractivity contribution in [2.24, 2.45) is 0 Å². The van der Waals surface area contributed by atoms with E-state index in [4.69, 9.17) is 9.47 Å². The SMILES string of the molecule is CCc1csc(N(C(=O)OC(C)(C)C)C(=O)OC(C)(C)C)n1. The molecule has 0 radical (unpaired) electrons. The molecule has 0 saturated carbocycles. The number of hydrogen-bond donors (Lipinski definition) is 0. The van der Waals surface area contributed by atoms with Crippen molar-refractivity contribution < 1.29 is 19.1 Å². The molecule has 2 amide bonds. The van der Waals surface area contributed by atoms with Gasteiger partial charge in [-0.25, -0.2) is 14.6 Å². The topological polar surface area (TPSA) is 68.7 Å². The van der Waals surface area contributed by atoms with Gasteiger partial charge >= 0.3 is 12.2 Å². The van der Waals surface area contributed by atoms with Crippen molar-refractivity contribution in [1.82, 2.24) is 4.98 Å². The van der Waals surface area contributed by atoms with Gasteiger partial charge in [0.25, 0.3) is 0 Å². The number of carbonyl (C=O) groups is 2. The molecular formula is C15H24N2O4S. The zero-order chi connectivity index (χ0) is 17.1. The first-order valence-electron chi connectivity index (χ1n) is 7.13. The average molecular weight is 328 g/mol. The van der Waals surface area contributed by atoms with Gasteiger partial charge < -0.3 is 9.47 Å². The number of nitrogens with zero attached hydrogens (tertiary/aromatic N) is 2. The summed E-state index contributed by atoms with van der Waals surface area (Å²) >= 11 is 1.20. The molecule has 1 aromatic rings. The van der Waals surface area contributed by atoms with E-state index in [1.165, 1.54) is 11.3 Å². The molecule has 0 aliphatic rings. The highest BCUT2D eigenvalue weighted by atomic mass is 32.1. The van der Waals surface area contributed by atoms with Crippen LogP contribution in [-0.4, -0.2) is 28.4 Å². The molecule has 0 aliphatic heterocycles. The Hall–Kier alpha value is -1.63. The van der Waals surface area contributed by atoms with Crippen LogP contribution in [0.15, 0.2) is 5.38 Å². The van der Waals surface area contributed by atoms with E-state index in [-0.39, 0.29) is 5.13 Å². The molecule has 1 aromatic heterocycles. The molecule has 6 nitrogen and oxygen atoms in total. The number of aryl methyl sites for hydroxylation is 1. The lowest BCUT2D eigenvalue weighted by Gasteiger charge is -2.27. The van der Waals surface area contributed by atoms with Crippen LogP contribution in [0, 0.1) is 0 Å².